The number of hydrogen-bond donors (Lipinski definition) is 1. The van der Waals surface area contributed by atoms with Crippen LogP contribution in [0.1, 0.15) is 18.4 Å². The molecular formula is C21H21N3O7S. The molecular weight excluding hydrogens is 438 g/mol. The Morgan fingerprint density at radius 3 is 2.41 bits per heavy atom. The Hall–Kier alpha value is -3.57. The van der Waals surface area contributed by atoms with Crippen LogP contribution >= 0.6 is 0 Å². The summed E-state index contributed by atoms with van der Waals surface area (Å²) in [5.74, 6) is -1.51. The molecule has 0 saturated carbocycles. The number of rotatable bonds is 7. The minimum Gasteiger partial charge on any atom is -0.464 e. The van der Waals surface area contributed by atoms with Crippen LogP contribution in [0.3, 0.4) is 0 Å². The van der Waals surface area contributed by atoms with Crippen molar-refractivity contribution in [3.63, 3.8) is 0 Å². The number of nitrogens with zero attached hydrogens (tertiary/aromatic N) is 2. The molecule has 1 fully saturated rings. The molecule has 11 heteroatoms. The highest BCUT2D eigenvalue weighted by molar-refractivity contribution is 7.89. The van der Waals surface area contributed by atoms with E-state index in [1.54, 1.807) is 18.2 Å². The van der Waals surface area contributed by atoms with E-state index in [-0.39, 0.29) is 22.8 Å². The predicted octanol–water partition coefficient (Wildman–Crippen LogP) is 2.08. The van der Waals surface area contributed by atoms with Gasteiger partial charge in [0.15, 0.2) is 0 Å². The fourth-order valence-corrected chi connectivity index (χ4v) is 5.03. The van der Waals surface area contributed by atoms with Gasteiger partial charge in [0.25, 0.3) is 5.69 Å². The summed E-state index contributed by atoms with van der Waals surface area (Å²) in [5.41, 5.74) is 0.0744. The number of esters is 1. The van der Waals surface area contributed by atoms with Crippen LogP contribution < -0.4 is 5.32 Å². The van der Waals surface area contributed by atoms with Gasteiger partial charge in [-0.05, 0) is 48.7 Å². The topological polar surface area (TPSA) is 136 Å². The van der Waals surface area contributed by atoms with Gasteiger partial charge in [-0.3, -0.25) is 14.9 Å². The van der Waals surface area contributed by atoms with E-state index in [0.717, 1.165) is 11.4 Å². The number of methoxy groups -OCH3 is 1. The zero-order chi connectivity index (χ0) is 23.3. The van der Waals surface area contributed by atoms with Crippen molar-refractivity contribution in [2.75, 3.05) is 13.7 Å². The van der Waals surface area contributed by atoms with E-state index < -0.39 is 32.9 Å². The lowest BCUT2D eigenvalue weighted by molar-refractivity contribution is -0.384. The Labute approximate surface area is 184 Å². The van der Waals surface area contributed by atoms with E-state index in [1.807, 2.05) is 0 Å². The molecule has 168 valence electrons. The van der Waals surface area contributed by atoms with Crippen LogP contribution in [-0.4, -0.2) is 49.2 Å². The molecule has 2 aromatic rings. The van der Waals surface area contributed by atoms with Crippen molar-refractivity contribution in [3.05, 3.63) is 76.0 Å². The lowest BCUT2D eigenvalue weighted by Crippen LogP contribution is -2.46. The number of carbonyl (C=O) groups is 2. The molecule has 1 amide bonds. The minimum absolute atomic E-state index is 0.0781. The van der Waals surface area contributed by atoms with Crippen LogP contribution in [0, 0.1) is 10.1 Å². The molecule has 0 aromatic heterocycles. The molecule has 1 N–H and O–H groups in total. The van der Waals surface area contributed by atoms with Gasteiger partial charge in [-0.2, -0.15) is 4.31 Å². The van der Waals surface area contributed by atoms with Crippen LogP contribution in [0.4, 0.5) is 5.69 Å². The first kappa shape index (κ1) is 23.1. The number of sulfonamides is 1. The van der Waals surface area contributed by atoms with E-state index in [4.69, 9.17) is 4.74 Å². The number of non-ortho nitro benzene ring substituents is 1. The highest BCUT2D eigenvalue weighted by Gasteiger charge is 2.39. The fraction of sp³-hybridized carbons (Fsp3) is 0.238. The van der Waals surface area contributed by atoms with Gasteiger partial charge < -0.3 is 10.1 Å². The third-order valence-corrected chi connectivity index (χ3v) is 6.86. The maximum absolute atomic E-state index is 13.0. The Kier molecular flexibility index (Phi) is 7.01. The SMILES string of the molecule is COC(=O)/C(=C/c1ccc([N+](=O)[O-])cc1)NC(=O)[C@@H]1CCCN1S(=O)(=O)c1ccccc1. The molecule has 2 aromatic carbocycles. The molecule has 10 nitrogen and oxygen atoms in total. The predicted molar refractivity (Wildman–Crippen MR) is 115 cm³/mol. The molecule has 1 aliphatic heterocycles. The standard InChI is InChI=1S/C21H21N3O7S/c1-31-21(26)18(14-15-9-11-16(12-10-15)24(27)28)22-20(25)19-8-5-13-23(19)32(29,30)17-6-3-2-4-7-17/h2-4,6-7,9-12,14,19H,5,8,13H2,1H3,(H,22,25)/b18-14-/t19-/m0/s1. The van der Waals surface area contributed by atoms with Gasteiger partial charge in [0.1, 0.15) is 11.7 Å². The van der Waals surface area contributed by atoms with E-state index in [0.29, 0.717) is 18.4 Å². The van der Waals surface area contributed by atoms with Gasteiger partial charge in [-0.1, -0.05) is 18.2 Å². The van der Waals surface area contributed by atoms with E-state index in [9.17, 15) is 28.1 Å². The summed E-state index contributed by atoms with van der Waals surface area (Å²) in [6.07, 6.45) is 2.09. The molecule has 1 saturated heterocycles. The van der Waals surface area contributed by atoms with Gasteiger partial charge in [-0.15, -0.1) is 0 Å². The second kappa shape index (κ2) is 9.71. The Morgan fingerprint density at radius 2 is 1.81 bits per heavy atom. The molecule has 3 rings (SSSR count). The second-order valence-electron chi connectivity index (χ2n) is 6.97. The van der Waals surface area contributed by atoms with Crippen molar-refractivity contribution in [1.29, 1.82) is 0 Å². The van der Waals surface area contributed by atoms with Crippen LogP contribution in [0.5, 0.6) is 0 Å². The minimum atomic E-state index is -3.89. The molecule has 0 bridgehead atoms. The van der Waals surface area contributed by atoms with Crippen LogP contribution in [0.25, 0.3) is 6.08 Å². The summed E-state index contributed by atoms with van der Waals surface area (Å²) in [5, 5.41) is 13.3. The van der Waals surface area contributed by atoms with Crippen molar-refractivity contribution in [3.8, 4) is 0 Å². The van der Waals surface area contributed by atoms with Crippen molar-refractivity contribution >= 4 is 33.7 Å². The van der Waals surface area contributed by atoms with Crippen LogP contribution in [0.15, 0.2) is 65.2 Å². The fourth-order valence-electron chi connectivity index (χ4n) is 3.35. The zero-order valence-electron chi connectivity index (χ0n) is 17.1. The zero-order valence-corrected chi connectivity index (χ0v) is 17.9. The van der Waals surface area contributed by atoms with E-state index in [1.165, 1.54) is 42.5 Å². The largest absolute Gasteiger partial charge is 0.464 e. The molecule has 0 radical (unpaired) electrons. The average Bonchev–Trinajstić information content (AvgIpc) is 3.30. The number of nitrogens with one attached hydrogen (secondary N) is 1. The number of nitro groups is 1. The lowest BCUT2D eigenvalue weighted by Gasteiger charge is -2.23. The van der Waals surface area contributed by atoms with Gasteiger partial charge in [-0.25, -0.2) is 13.2 Å². The third-order valence-electron chi connectivity index (χ3n) is 4.93. The molecule has 0 spiro atoms. The Bertz CT molecular complexity index is 1150. The van der Waals surface area contributed by atoms with Gasteiger partial charge in [0.05, 0.1) is 16.9 Å². The van der Waals surface area contributed by atoms with Crippen molar-refractivity contribution in [1.82, 2.24) is 9.62 Å². The number of hydrogen-bond acceptors (Lipinski definition) is 7. The van der Waals surface area contributed by atoms with Crippen LogP contribution in [-0.2, 0) is 24.3 Å². The molecule has 1 atom stereocenters. The summed E-state index contributed by atoms with van der Waals surface area (Å²) in [4.78, 5) is 35.5. The molecule has 0 aliphatic carbocycles. The average molecular weight is 459 g/mol. The number of nitro benzene ring substituents is 1. The third kappa shape index (κ3) is 5.01. The summed E-state index contributed by atoms with van der Waals surface area (Å²) < 4.78 is 31.8. The molecule has 0 unspecified atom stereocenters. The summed E-state index contributed by atoms with van der Waals surface area (Å²) >= 11 is 0. The number of amides is 1. The quantitative estimate of drug-likeness (QED) is 0.290. The first-order valence-corrected chi connectivity index (χ1v) is 11.1. The molecule has 1 heterocycles. The maximum Gasteiger partial charge on any atom is 0.354 e. The number of benzene rings is 2. The molecule has 32 heavy (non-hydrogen) atoms. The lowest BCUT2D eigenvalue weighted by atomic mass is 10.1. The van der Waals surface area contributed by atoms with Crippen molar-refractivity contribution < 1.29 is 27.7 Å². The maximum atomic E-state index is 13.0. The smallest absolute Gasteiger partial charge is 0.354 e. The monoisotopic (exact) mass is 459 g/mol. The van der Waals surface area contributed by atoms with Crippen molar-refractivity contribution in [2.24, 2.45) is 0 Å². The highest BCUT2D eigenvalue weighted by atomic mass is 32.2. The molecule has 1 aliphatic rings. The summed E-state index contributed by atoms with van der Waals surface area (Å²) in [7, 11) is -2.75. The number of carbonyl (C=O) groups excluding carboxylic acids is 2. The normalized spacial score (nSPS) is 17.0. The van der Waals surface area contributed by atoms with E-state index in [2.05, 4.69) is 5.32 Å². The van der Waals surface area contributed by atoms with Crippen LogP contribution in [0.2, 0.25) is 0 Å². The van der Waals surface area contributed by atoms with Crippen molar-refractivity contribution in [2.45, 2.75) is 23.8 Å². The first-order valence-electron chi connectivity index (χ1n) is 9.66. The Balaban J connectivity index is 1.84. The van der Waals surface area contributed by atoms with Gasteiger partial charge in [0.2, 0.25) is 15.9 Å². The van der Waals surface area contributed by atoms with E-state index >= 15 is 0 Å². The Morgan fingerprint density at radius 1 is 1.16 bits per heavy atom. The summed E-state index contributed by atoms with van der Waals surface area (Å²) in [6.45, 7) is 0.176. The second-order valence-corrected chi connectivity index (χ2v) is 8.86. The first-order chi connectivity index (χ1) is 15.2. The summed E-state index contributed by atoms with van der Waals surface area (Å²) in [6, 6.07) is 12.1. The van der Waals surface area contributed by atoms with Gasteiger partial charge >= 0.3 is 5.97 Å². The van der Waals surface area contributed by atoms with Gasteiger partial charge in [0, 0.05) is 18.7 Å². The highest BCUT2D eigenvalue weighted by Crippen LogP contribution is 2.26. The number of ether oxygens (including phenoxy) is 1.